The quantitative estimate of drug-likeness (QED) is 0.527. The van der Waals surface area contributed by atoms with Crippen LogP contribution in [0, 0.1) is 0 Å². The molecule has 1 atom stereocenters. The topological polar surface area (TPSA) is 9.23 Å². The van der Waals surface area contributed by atoms with Crippen molar-refractivity contribution in [2.45, 2.75) is 25.9 Å². The van der Waals surface area contributed by atoms with Gasteiger partial charge in [0.2, 0.25) is 0 Å². The van der Waals surface area contributed by atoms with Crippen molar-refractivity contribution in [3.8, 4) is 0 Å². The van der Waals surface area contributed by atoms with Gasteiger partial charge in [0.15, 0.2) is 8.56 Å². The number of rotatable bonds is 4. The fourth-order valence-electron chi connectivity index (χ4n) is 0.609. The molecule has 0 saturated heterocycles. The van der Waals surface area contributed by atoms with Crippen molar-refractivity contribution in [1.82, 2.24) is 0 Å². The van der Waals surface area contributed by atoms with E-state index in [1.54, 1.807) is 0 Å². The molecule has 0 heterocycles. The van der Waals surface area contributed by atoms with E-state index < -0.39 is 8.56 Å². The van der Waals surface area contributed by atoms with Crippen LogP contribution in [0.2, 0.25) is 12.6 Å². The van der Waals surface area contributed by atoms with Gasteiger partial charge in [-0.1, -0.05) is 25.9 Å². The van der Waals surface area contributed by atoms with Crippen molar-refractivity contribution in [1.29, 1.82) is 0 Å². The molecule has 0 aliphatic rings. The van der Waals surface area contributed by atoms with Crippen molar-refractivity contribution in [2.24, 2.45) is 0 Å². The highest BCUT2D eigenvalue weighted by Crippen LogP contribution is 1.89. The van der Waals surface area contributed by atoms with Crippen molar-refractivity contribution >= 4 is 17.6 Å². The maximum Gasteiger partial charge on any atom is 0.154 e. The Morgan fingerprint density at radius 3 is 2.62 bits per heavy atom. The van der Waals surface area contributed by atoms with Crippen molar-refractivity contribution in [3.05, 3.63) is 0 Å². The predicted octanol–water partition coefficient (Wildman–Crippen LogP) is 0.480. The summed E-state index contributed by atoms with van der Waals surface area (Å²) >= 11 is 0. The molecule has 8 heavy (non-hydrogen) atoms. The van der Waals surface area contributed by atoms with Gasteiger partial charge in [0.05, 0.1) is 0 Å². The molecule has 0 saturated carbocycles. The molecule has 3 heteroatoms. The van der Waals surface area contributed by atoms with E-state index in [-0.39, 0.29) is 9.04 Å². The summed E-state index contributed by atoms with van der Waals surface area (Å²) in [7, 11) is 1.55. The van der Waals surface area contributed by atoms with Gasteiger partial charge in [0.1, 0.15) is 0 Å². The Balaban J connectivity index is 2.86. The first kappa shape index (κ1) is 8.39. The highest BCUT2D eigenvalue weighted by molar-refractivity contribution is 7.08. The molecule has 50 valence electrons. The zero-order valence-corrected chi connectivity index (χ0v) is 8.68. The Morgan fingerprint density at radius 1 is 1.62 bits per heavy atom. The van der Waals surface area contributed by atoms with Crippen LogP contribution in [0.25, 0.3) is 0 Å². The molecular formula is C5H16OSi2. The van der Waals surface area contributed by atoms with Crippen LogP contribution in [-0.4, -0.2) is 24.7 Å². The van der Waals surface area contributed by atoms with E-state index in [1.807, 2.05) is 7.11 Å². The first-order valence-corrected chi connectivity index (χ1v) is 9.23. The summed E-state index contributed by atoms with van der Waals surface area (Å²) in [6, 6.07) is 1.49. The average molecular weight is 148 g/mol. The van der Waals surface area contributed by atoms with Crippen LogP contribution in [0.5, 0.6) is 0 Å². The van der Waals surface area contributed by atoms with Gasteiger partial charge in [-0.3, -0.25) is 0 Å². The van der Waals surface area contributed by atoms with E-state index in [0.717, 1.165) is 0 Å². The fourth-order valence-corrected chi connectivity index (χ4v) is 5.48. The molecule has 1 unspecified atom stereocenters. The molecule has 0 amide bonds. The molecule has 0 N–H and O–H groups in total. The van der Waals surface area contributed by atoms with Gasteiger partial charge in [-0.05, 0) is 0 Å². The molecule has 0 aliphatic heterocycles. The van der Waals surface area contributed by atoms with Gasteiger partial charge in [0, 0.05) is 16.1 Å². The third kappa shape index (κ3) is 4.55. The Kier molecular flexibility index (Phi) is 5.80. The summed E-state index contributed by atoms with van der Waals surface area (Å²) in [5.74, 6) is 0. The van der Waals surface area contributed by atoms with Crippen LogP contribution in [-0.2, 0) is 4.43 Å². The van der Waals surface area contributed by atoms with E-state index in [4.69, 9.17) is 4.43 Å². The van der Waals surface area contributed by atoms with Crippen molar-refractivity contribution < 1.29 is 4.43 Å². The van der Waals surface area contributed by atoms with Crippen LogP contribution in [0.1, 0.15) is 13.3 Å². The molecule has 0 aromatic rings. The summed E-state index contributed by atoms with van der Waals surface area (Å²) < 4.78 is 5.25. The van der Waals surface area contributed by atoms with Gasteiger partial charge in [-0.15, -0.1) is 0 Å². The molecule has 0 rings (SSSR count). The maximum atomic E-state index is 5.25. The van der Waals surface area contributed by atoms with Crippen LogP contribution >= 0.6 is 0 Å². The normalized spacial score (nSPS) is 15.4. The third-order valence-corrected chi connectivity index (χ3v) is 8.76. The van der Waals surface area contributed by atoms with Gasteiger partial charge < -0.3 is 4.43 Å². The highest BCUT2D eigenvalue weighted by atomic mass is 29.2. The molecular weight excluding hydrogens is 132 g/mol. The molecule has 0 radical (unpaired) electrons. The number of hydrogen-bond acceptors (Lipinski definition) is 1. The molecule has 0 fully saturated rings. The van der Waals surface area contributed by atoms with E-state index in [9.17, 15) is 0 Å². The predicted molar refractivity (Wildman–Crippen MR) is 43.7 cm³/mol. The molecule has 0 bridgehead atoms. The van der Waals surface area contributed by atoms with E-state index in [0.29, 0.717) is 0 Å². The lowest BCUT2D eigenvalue weighted by Gasteiger charge is -2.03. The zero-order valence-electron chi connectivity index (χ0n) is 6.11. The zero-order chi connectivity index (χ0) is 6.41. The lowest BCUT2D eigenvalue weighted by molar-refractivity contribution is 0.439. The minimum absolute atomic E-state index is 0.252. The Hall–Kier alpha value is 0.394. The first-order chi connectivity index (χ1) is 3.81. The Bertz CT molecular complexity index is 49.7. The first-order valence-electron chi connectivity index (χ1n) is 3.34. The minimum Gasteiger partial charge on any atom is -0.427 e. The largest absolute Gasteiger partial charge is 0.427 e. The van der Waals surface area contributed by atoms with Gasteiger partial charge >= 0.3 is 0 Å². The molecule has 0 aromatic heterocycles. The second-order valence-electron chi connectivity index (χ2n) is 2.19. The van der Waals surface area contributed by atoms with Gasteiger partial charge in [-0.25, -0.2) is 0 Å². The summed E-state index contributed by atoms with van der Waals surface area (Å²) in [5, 5.41) is 0. The monoisotopic (exact) mass is 148 g/mol. The van der Waals surface area contributed by atoms with E-state index in [1.165, 1.54) is 12.5 Å². The lowest BCUT2D eigenvalue weighted by Crippen LogP contribution is -2.19. The smallest absolute Gasteiger partial charge is 0.154 e. The second kappa shape index (κ2) is 5.53. The Morgan fingerprint density at radius 2 is 2.25 bits per heavy atom. The van der Waals surface area contributed by atoms with E-state index in [2.05, 4.69) is 13.5 Å². The second-order valence-corrected chi connectivity index (χ2v) is 10.7. The standard InChI is InChI=1S/C5H16OSi2/c1-4-5-7-8(3)6-2/h8H,4-5,7H2,1-3H3. The summed E-state index contributed by atoms with van der Waals surface area (Å²) in [6.07, 6.45) is 1.37. The fraction of sp³-hybridized carbons (Fsp3) is 1.00. The highest BCUT2D eigenvalue weighted by Gasteiger charge is 1.99. The summed E-state index contributed by atoms with van der Waals surface area (Å²) in [6.45, 7) is 4.56. The van der Waals surface area contributed by atoms with Gasteiger partial charge in [0.25, 0.3) is 0 Å². The summed E-state index contributed by atoms with van der Waals surface area (Å²) in [4.78, 5) is 0. The Labute approximate surface area is 55.8 Å². The molecule has 0 aliphatic carbocycles. The lowest BCUT2D eigenvalue weighted by atomic mass is 10.6. The van der Waals surface area contributed by atoms with Gasteiger partial charge in [-0.2, -0.15) is 0 Å². The molecule has 1 nitrogen and oxygen atoms in total. The molecule has 0 spiro atoms. The third-order valence-electron chi connectivity index (χ3n) is 1.37. The van der Waals surface area contributed by atoms with E-state index >= 15 is 0 Å². The maximum absolute atomic E-state index is 5.25. The van der Waals surface area contributed by atoms with Crippen LogP contribution in [0.4, 0.5) is 0 Å². The van der Waals surface area contributed by atoms with Crippen LogP contribution < -0.4 is 0 Å². The minimum atomic E-state index is -0.560. The van der Waals surface area contributed by atoms with Crippen LogP contribution in [0.3, 0.4) is 0 Å². The van der Waals surface area contributed by atoms with Crippen LogP contribution in [0.15, 0.2) is 0 Å². The number of hydrogen-bond donors (Lipinski definition) is 0. The SMILES string of the molecule is CCC[SiH2][SiH](C)OC. The molecule has 0 aromatic carbocycles. The summed E-state index contributed by atoms with van der Waals surface area (Å²) in [5.41, 5.74) is 0. The van der Waals surface area contributed by atoms with Crippen molar-refractivity contribution in [2.75, 3.05) is 7.11 Å². The average Bonchev–Trinajstić information content (AvgIpc) is 1.83. The van der Waals surface area contributed by atoms with Crippen molar-refractivity contribution in [3.63, 3.8) is 0 Å².